The van der Waals surface area contributed by atoms with Crippen LogP contribution in [0.2, 0.25) is 0 Å². The van der Waals surface area contributed by atoms with Gasteiger partial charge < -0.3 is 4.90 Å². The maximum atomic E-state index is 13.1. The minimum absolute atomic E-state index is 0.0640. The fraction of sp³-hybridized carbons (Fsp3) is 0.444. The van der Waals surface area contributed by atoms with E-state index < -0.39 is 0 Å². The quantitative estimate of drug-likeness (QED) is 0.853. The van der Waals surface area contributed by atoms with E-state index in [9.17, 15) is 9.59 Å². The highest BCUT2D eigenvalue weighted by Gasteiger charge is 2.40. The van der Waals surface area contributed by atoms with Crippen molar-refractivity contribution in [3.05, 3.63) is 35.2 Å². The average Bonchev–Trinajstić information content (AvgIpc) is 3.04. The zero-order valence-corrected chi connectivity index (χ0v) is 14.5. The summed E-state index contributed by atoms with van der Waals surface area (Å²) >= 11 is 1.49. The van der Waals surface area contributed by atoms with E-state index in [0.717, 1.165) is 42.6 Å². The summed E-state index contributed by atoms with van der Waals surface area (Å²) in [6.45, 7) is 4.52. The molecule has 3 fully saturated rings. The van der Waals surface area contributed by atoms with Crippen LogP contribution in [-0.2, 0) is 4.79 Å². The highest BCUT2D eigenvalue weighted by molar-refractivity contribution is 7.20. The number of carbonyl (C=O) groups excluding carboxylic acids is 2. The first-order valence-electron chi connectivity index (χ1n) is 8.43. The molecule has 0 unspecified atom stereocenters. The molecule has 24 heavy (non-hydrogen) atoms. The van der Waals surface area contributed by atoms with Gasteiger partial charge in [0.25, 0.3) is 5.91 Å². The Morgan fingerprint density at radius 3 is 2.62 bits per heavy atom. The molecule has 5 nitrogen and oxygen atoms in total. The molecule has 6 heteroatoms. The second-order valence-corrected chi connectivity index (χ2v) is 7.78. The van der Waals surface area contributed by atoms with Gasteiger partial charge in [0.2, 0.25) is 5.91 Å². The molecule has 3 aliphatic heterocycles. The van der Waals surface area contributed by atoms with Gasteiger partial charge >= 0.3 is 0 Å². The topological polar surface area (TPSA) is 52.7 Å². The van der Waals surface area contributed by atoms with Crippen LogP contribution in [0.5, 0.6) is 0 Å². The lowest BCUT2D eigenvalue weighted by molar-refractivity contribution is -0.125. The molecule has 3 aliphatic rings. The second-order valence-electron chi connectivity index (χ2n) is 6.70. The van der Waals surface area contributed by atoms with Crippen molar-refractivity contribution in [2.45, 2.75) is 25.8 Å². The highest BCUT2D eigenvalue weighted by atomic mass is 32.1. The minimum atomic E-state index is -0.194. The molecule has 126 valence electrons. The monoisotopic (exact) mass is 343 g/mol. The van der Waals surface area contributed by atoms with Gasteiger partial charge in [-0.1, -0.05) is 18.2 Å². The average molecular weight is 343 g/mol. The minimum Gasteiger partial charge on any atom is -0.301 e. The van der Waals surface area contributed by atoms with Crippen molar-refractivity contribution in [1.29, 1.82) is 0 Å². The number of carbonyl (C=O) groups is 2. The maximum absolute atomic E-state index is 13.1. The van der Waals surface area contributed by atoms with Crippen molar-refractivity contribution in [3.8, 4) is 0 Å². The number of hydrogen-bond acceptors (Lipinski definition) is 4. The molecule has 5 rings (SSSR count). The molecule has 0 spiro atoms. The molecule has 0 saturated carbocycles. The summed E-state index contributed by atoms with van der Waals surface area (Å²) in [5, 5.41) is 2.67. The summed E-state index contributed by atoms with van der Waals surface area (Å²) in [6.07, 6.45) is 2.20. The standard InChI is InChI=1S/C18H21N3O2S/c1-12(22)19-21(15-11-20-8-6-13(15)7-9-20)18(23)17-10-14-4-2-3-5-16(14)24-17/h2-5,10,13,15H,6-9,11H2,1H3,(H,19,22)/t15-/m0/s1. The van der Waals surface area contributed by atoms with Crippen LogP contribution >= 0.6 is 11.3 Å². The third-order valence-corrected chi connectivity index (χ3v) is 6.19. The predicted molar refractivity (Wildman–Crippen MR) is 94.8 cm³/mol. The van der Waals surface area contributed by atoms with Crippen LogP contribution in [0.1, 0.15) is 29.4 Å². The summed E-state index contributed by atoms with van der Waals surface area (Å²) in [7, 11) is 0. The number of nitrogens with one attached hydrogen (secondary N) is 1. The van der Waals surface area contributed by atoms with Crippen molar-refractivity contribution < 1.29 is 9.59 Å². The summed E-state index contributed by atoms with van der Waals surface area (Å²) in [6, 6.07) is 9.98. The number of piperidine rings is 3. The first-order chi connectivity index (χ1) is 11.6. The van der Waals surface area contributed by atoms with Gasteiger partial charge in [-0.05, 0) is 49.4 Å². The van der Waals surface area contributed by atoms with Gasteiger partial charge in [-0.2, -0.15) is 0 Å². The fourth-order valence-corrected chi connectivity index (χ4v) is 4.89. The van der Waals surface area contributed by atoms with Crippen LogP contribution in [0.3, 0.4) is 0 Å². The summed E-state index contributed by atoms with van der Waals surface area (Å²) in [5.74, 6) is 0.186. The number of benzene rings is 1. The zero-order chi connectivity index (χ0) is 16.7. The van der Waals surface area contributed by atoms with Crippen molar-refractivity contribution in [1.82, 2.24) is 15.3 Å². The lowest BCUT2D eigenvalue weighted by Crippen LogP contribution is -2.62. The summed E-state index contributed by atoms with van der Waals surface area (Å²) < 4.78 is 1.09. The highest BCUT2D eigenvalue weighted by Crippen LogP contribution is 2.32. The number of amides is 2. The van der Waals surface area contributed by atoms with Gasteiger partial charge in [0.1, 0.15) is 0 Å². The Morgan fingerprint density at radius 1 is 1.25 bits per heavy atom. The van der Waals surface area contributed by atoms with Crippen LogP contribution < -0.4 is 5.43 Å². The van der Waals surface area contributed by atoms with Gasteiger partial charge in [0, 0.05) is 18.2 Å². The van der Waals surface area contributed by atoms with Crippen LogP contribution in [0, 0.1) is 5.92 Å². The summed E-state index contributed by atoms with van der Waals surface area (Å²) in [5.41, 5.74) is 2.80. The molecular formula is C18H21N3O2S. The SMILES string of the molecule is CC(=O)NN(C(=O)c1cc2ccccc2s1)[C@H]1CN2CCC1CC2. The normalized spacial score (nSPS) is 25.6. The third-order valence-electron chi connectivity index (χ3n) is 5.09. The molecule has 2 aromatic rings. The number of rotatable bonds is 2. The van der Waals surface area contributed by atoms with Crippen LogP contribution in [0.4, 0.5) is 0 Å². The Labute approximate surface area is 145 Å². The Bertz CT molecular complexity index is 746. The Hall–Kier alpha value is -1.92. The number of nitrogens with zero attached hydrogens (tertiary/aromatic N) is 2. The molecule has 1 N–H and O–H groups in total. The van der Waals surface area contributed by atoms with Crippen molar-refractivity contribution >= 4 is 33.2 Å². The molecule has 4 heterocycles. The van der Waals surface area contributed by atoms with E-state index in [1.807, 2.05) is 30.3 Å². The lowest BCUT2D eigenvalue weighted by atomic mass is 9.83. The Balaban J connectivity index is 1.65. The molecule has 2 amide bonds. The van der Waals surface area contributed by atoms with E-state index in [1.165, 1.54) is 18.3 Å². The third kappa shape index (κ3) is 2.80. The van der Waals surface area contributed by atoms with Gasteiger partial charge in [0.15, 0.2) is 0 Å². The Kier molecular flexibility index (Phi) is 4.02. The molecule has 1 aromatic heterocycles. The van der Waals surface area contributed by atoms with Crippen molar-refractivity contribution in [2.24, 2.45) is 5.92 Å². The molecule has 1 atom stereocenters. The van der Waals surface area contributed by atoms with E-state index in [4.69, 9.17) is 0 Å². The van der Waals surface area contributed by atoms with Crippen molar-refractivity contribution in [3.63, 3.8) is 0 Å². The lowest BCUT2D eigenvalue weighted by Gasteiger charge is -2.48. The van der Waals surface area contributed by atoms with E-state index >= 15 is 0 Å². The van der Waals surface area contributed by atoms with Gasteiger partial charge in [-0.25, -0.2) is 5.01 Å². The van der Waals surface area contributed by atoms with E-state index in [2.05, 4.69) is 10.3 Å². The Morgan fingerprint density at radius 2 is 2.00 bits per heavy atom. The van der Waals surface area contributed by atoms with Crippen LogP contribution in [0.25, 0.3) is 10.1 Å². The number of hydrazine groups is 1. The molecule has 0 aliphatic carbocycles. The molecule has 2 bridgehead atoms. The zero-order valence-electron chi connectivity index (χ0n) is 13.7. The first kappa shape index (κ1) is 15.6. The molecule has 1 aromatic carbocycles. The number of thiophene rings is 1. The number of hydrogen-bond donors (Lipinski definition) is 1. The largest absolute Gasteiger partial charge is 0.301 e. The van der Waals surface area contributed by atoms with Crippen LogP contribution in [-0.4, -0.2) is 47.4 Å². The number of fused-ring (bicyclic) bond motifs is 4. The molecule has 0 radical (unpaired) electrons. The van der Waals surface area contributed by atoms with Gasteiger partial charge in [-0.15, -0.1) is 11.3 Å². The maximum Gasteiger partial charge on any atom is 0.282 e. The second kappa shape index (κ2) is 6.18. The van der Waals surface area contributed by atoms with E-state index in [0.29, 0.717) is 10.8 Å². The first-order valence-corrected chi connectivity index (χ1v) is 9.25. The predicted octanol–water partition coefficient (Wildman–Crippen LogP) is 2.49. The van der Waals surface area contributed by atoms with Gasteiger partial charge in [0.05, 0.1) is 10.9 Å². The summed E-state index contributed by atoms with van der Waals surface area (Å²) in [4.78, 5) is 27.9. The van der Waals surface area contributed by atoms with Crippen LogP contribution in [0.15, 0.2) is 30.3 Å². The fourth-order valence-electron chi connectivity index (χ4n) is 3.89. The molecule has 3 saturated heterocycles. The van der Waals surface area contributed by atoms with Gasteiger partial charge in [-0.3, -0.25) is 15.0 Å². The van der Waals surface area contributed by atoms with Crippen molar-refractivity contribution in [2.75, 3.05) is 19.6 Å². The van der Waals surface area contributed by atoms with E-state index in [1.54, 1.807) is 5.01 Å². The van der Waals surface area contributed by atoms with E-state index in [-0.39, 0.29) is 17.9 Å². The molecular weight excluding hydrogens is 322 g/mol. The smallest absolute Gasteiger partial charge is 0.282 e.